The van der Waals surface area contributed by atoms with Crippen molar-refractivity contribution in [1.29, 1.82) is 0 Å². The van der Waals surface area contributed by atoms with E-state index in [4.69, 9.17) is 5.11 Å². The summed E-state index contributed by atoms with van der Waals surface area (Å²) in [7, 11) is 0. The van der Waals surface area contributed by atoms with Crippen molar-refractivity contribution in [3.8, 4) is 0 Å². The third-order valence-corrected chi connectivity index (χ3v) is 5.32. The Hall–Kier alpha value is -2.59. The van der Waals surface area contributed by atoms with Crippen molar-refractivity contribution in [2.24, 2.45) is 0 Å². The van der Waals surface area contributed by atoms with Gasteiger partial charge < -0.3 is 15.3 Å². The summed E-state index contributed by atoms with van der Waals surface area (Å²) in [5, 5.41) is 25.6. The minimum atomic E-state index is -1.03. The average molecular weight is 360 g/mol. The van der Waals surface area contributed by atoms with Crippen LogP contribution < -0.4 is 10.2 Å². The molecule has 0 amide bonds. The number of hydrogen-bond donors (Lipinski definition) is 2. The van der Waals surface area contributed by atoms with Gasteiger partial charge >= 0.3 is 5.97 Å². The van der Waals surface area contributed by atoms with Gasteiger partial charge in [0, 0.05) is 34.6 Å². The Morgan fingerprint density at radius 1 is 1.38 bits per heavy atom. The smallest absolute Gasteiger partial charge is 0.355 e. The maximum Gasteiger partial charge on any atom is 0.355 e. The Morgan fingerprint density at radius 3 is 2.96 bits per heavy atom. The number of aromatic carboxylic acids is 1. The van der Waals surface area contributed by atoms with E-state index < -0.39 is 5.97 Å². The molecule has 0 unspecified atom stereocenters. The van der Waals surface area contributed by atoms with E-state index in [0.717, 1.165) is 28.5 Å². The van der Waals surface area contributed by atoms with Gasteiger partial charge in [0.2, 0.25) is 0 Å². The molecule has 0 bridgehead atoms. The zero-order valence-electron chi connectivity index (χ0n) is 12.6. The van der Waals surface area contributed by atoms with Gasteiger partial charge in [0.05, 0.1) is 0 Å². The minimum absolute atomic E-state index is 0.0511. The van der Waals surface area contributed by atoms with Crippen molar-refractivity contribution in [2.75, 3.05) is 16.8 Å². The molecule has 10 heteroatoms. The number of nitrogens with zero attached hydrogens (tertiary/aromatic N) is 5. The highest BCUT2D eigenvalue weighted by Gasteiger charge is 2.28. The molecule has 122 valence electrons. The van der Waals surface area contributed by atoms with Gasteiger partial charge in [0.15, 0.2) is 27.6 Å². The van der Waals surface area contributed by atoms with Crippen molar-refractivity contribution in [1.82, 2.24) is 20.2 Å². The lowest BCUT2D eigenvalue weighted by molar-refractivity contribution is 0.0691. The number of carbonyl (C=O) groups is 1. The highest BCUT2D eigenvalue weighted by Crippen LogP contribution is 2.37. The molecular weight excluding hydrogens is 348 g/mol. The summed E-state index contributed by atoms with van der Waals surface area (Å²) in [4.78, 5) is 21.3. The van der Waals surface area contributed by atoms with E-state index in [1.54, 1.807) is 6.20 Å². The number of carboxylic acid groups (broad SMARTS) is 1. The largest absolute Gasteiger partial charge is 0.476 e. The van der Waals surface area contributed by atoms with E-state index >= 15 is 0 Å². The molecule has 0 atom stereocenters. The minimum Gasteiger partial charge on any atom is -0.476 e. The third-order valence-electron chi connectivity index (χ3n) is 3.76. The first-order chi connectivity index (χ1) is 11.6. The van der Waals surface area contributed by atoms with Gasteiger partial charge in [0.25, 0.3) is 0 Å². The van der Waals surface area contributed by atoms with Crippen molar-refractivity contribution in [3.05, 3.63) is 33.8 Å². The standard InChI is InChI=1S/C14H12N6O2S2/c1-7-8-2-4-20(14-16-9(6-24-14)12(21)22)11(8)19-18-10(7)17-13-15-3-5-23-13/h3,5-6H,2,4H2,1H3,(H,21,22)(H,15,17,18). The molecule has 0 aromatic carbocycles. The third kappa shape index (κ3) is 2.49. The first kappa shape index (κ1) is 15.0. The normalized spacial score (nSPS) is 13.1. The van der Waals surface area contributed by atoms with Gasteiger partial charge in [-0.15, -0.1) is 32.9 Å². The van der Waals surface area contributed by atoms with Crippen molar-refractivity contribution in [2.45, 2.75) is 13.3 Å². The molecule has 1 aliphatic heterocycles. The Kier molecular flexibility index (Phi) is 3.62. The van der Waals surface area contributed by atoms with Crippen LogP contribution in [0.1, 0.15) is 21.6 Å². The Bertz CT molecular complexity index is 908. The second-order valence-electron chi connectivity index (χ2n) is 5.16. The second-order valence-corrected chi connectivity index (χ2v) is 6.89. The molecule has 0 spiro atoms. The molecule has 8 nitrogen and oxygen atoms in total. The molecule has 4 rings (SSSR count). The molecule has 0 saturated carbocycles. The summed E-state index contributed by atoms with van der Waals surface area (Å²) in [6.45, 7) is 2.70. The highest BCUT2D eigenvalue weighted by atomic mass is 32.1. The number of anilines is 4. The summed E-state index contributed by atoms with van der Waals surface area (Å²) < 4.78 is 0. The van der Waals surface area contributed by atoms with E-state index in [1.807, 2.05) is 17.2 Å². The average Bonchev–Trinajstić information content (AvgIpc) is 3.28. The fourth-order valence-electron chi connectivity index (χ4n) is 2.57. The second kappa shape index (κ2) is 5.80. The SMILES string of the molecule is Cc1c(Nc2nccs2)nnc2c1CCN2c1nc(C(=O)O)cs1. The van der Waals surface area contributed by atoms with Crippen LogP contribution in [0.5, 0.6) is 0 Å². The van der Waals surface area contributed by atoms with E-state index in [1.165, 1.54) is 28.1 Å². The van der Waals surface area contributed by atoms with E-state index in [2.05, 4.69) is 25.5 Å². The van der Waals surface area contributed by atoms with Gasteiger partial charge in [-0.3, -0.25) is 0 Å². The summed E-state index contributed by atoms with van der Waals surface area (Å²) in [5.74, 6) is 0.404. The lowest BCUT2D eigenvalue weighted by Gasteiger charge is -2.15. The van der Waals surface area contributed by atoms with Crippen molar-refractivity contribution in [3.63, 3.8) is 0 Å². The molecule has 0 aliphatic carbocycles. The van der Waals surface area contributed by atoms with Crippen LogP contribution >= 0.6 is 22.7 Å². The quantitative estimate of drug-likeness (QED) is 0.732. The predicted molar refractivity (Wildman–Crippen MR) is 91.9 cm³/mol. The fraction of sp³-hybridized carbons (Fsp3) is 0.214. The lowest BCUT2D eigenvalue weighted by atomic mass is 10.1. The first-order valence-electron chi connectivity index (χ1n) is 7.12. The van der Waals surface area contributed by atoms with Crippen molar-refractivity contribution < 1.29 is 9.90 Å². The molecule has 0 radical (unpaired) electrons. The summed E-state index contributed by atoms with van der Waals surface area (Å²) in [6.07, 6.45) is 2.54. The highest BCUT2D eigenvalue weighted by molar-refractivity contribution is 7.14. The number of nitrogens with one attached hydrogen (secondary N) is 1. The van der Waals surface area contributed by atoms with Crippen molar-refractivity contribution >= 4 is 50.5 Å². The van der Waals surface area contributed by atoms with Gasteiger partial charge in [0.1, 0.15) is 0 Å². The van der Waals surface area contributed by atoms with Crippen LogP contribution in [-0.4, -0.2) is 37.8 Å². The van der Waals surface area contributed by atoms with Crippen LogP contribution in [0.25, 0.3) is 0 Å². The number of fused-ring (bicyclic) bond motifs is 1. The molecule has 1 aliphatic rings. The molecular formula is C14H12N6O2S2. The van der Waals surface area contributed by atoms with Gasteiger partial charge in [-0.25, -0.2) is 14.8 Å². The van der Waals surface area contributed by atoms with Crippen LogP contribution in [0, 0.1) is 6.92 Å². The summed E-state index contributed by atoms with van der Waals surface area (Å²) in [5.41, 5.74) is 2.17. The monoisotopic (exact) mass is 360 g/mol. The molecule has 3 aromatic heterocycles. The Morgan fingerprint density at radius 2 is 2.25 bits per heavy atom. The first-order valence-corrected chi connectivity index (χ1v) is 8.88. The van der Waals surface area contributed by atoms with E-state index in [9.17, 15) is 4.79 Å². The van der Waals surface area contributed by atoms with Crippen LogP contribution in [0.15, 0.2) is 17.0 Å². The van der Waals surface area contributed by atoms with Gasteiger partial charge in [-0.2, -0.15) is 0 Å². The summed E-state index contributed by atoms with van der Waals surface area (Å²) in [6, 6.07) is 0. The molecule has 4 heterocycles. The van der Waals surface area contributed by atoms with Gasteiger partial charge in [-0.05, 0) is 13.3 Å². The van der Waals surface area contributed by atoms with Crippen LogP contribution in [0.2, 0.25) is 0 Å². The number of rotatable bonds is 4. The molecule has 0 fully saturated rings. The maximum atomic E-state index is 11.0. The fourth-order valence-corrected chi connectivity index (χ4v) is 3.92. The number of carboxylic acids is 1. The molecule has 3 aromatic rings. The number of aromatic nitrogens is 4. The predicted octanol–water partition coefficient (Wildman–Crippen LogP) is 2.83. The summed E-state index contributed by atoms with van der Waals surface area (Å²) >= 11 is 2.79. The topological polar surface area (TPSA) is 104 Å². The number of thiazole rings is 2. The zero-order chi connectivity index (χ0) is 16.7. The van der Waals surface area contributed by atoms with Crippen LogP contribution in [0.3, 0.4) is 0 Å². The molecule has 0 saturated heterocycles. The van der Waals surface area contributed by atoms with Crippen LogP contribution in [-0.2, 0) is 6.42 Å². The van der Waals surface area contributed by atoms with Crippen LogP contribution in [0.4, 0.5) is 21.9 Å². The number of hydrogen-bond acceptors (Lipinski definition) is 9. The Labute approximate surface area is 144 Å². The van der Waals surface area contributed by atoms with E-state index in [-0.39, 0.29) is 5.69 Å². The Balaban J connectivity index is 1.66. The lowest BCUT2D eigenvalue weighted by Crippen LogP contribution is -2.15. The maximum absolute atomic E-state index is 11.0. The molecule has 2 N–H and O–H groups in total. The van der Waals surface area contributed by atoms with Gasteiger partial charge in [-0.1, -0.05) is 0 Å². The molecule has 24 heavy (non-hydrogen) atoms. The zero-order valence-corrected chi connectivity index (χ0v) is 14.2. The van der Waals surface area contributed by atoms with E-state index in [0.29, 0.717) is 17.5 Å².